The molecule has 1 unspecified atom stereocenters. The second-order valence-electron chi connectivity index (χ2n) is 6.98. The van der Waals surface area contributed by atoms with Gasteiger partial charge in [-0.05, 0) is 49.6 Å². The van der Waals surface area contributed by atoms with Gasteiger partial charge in [-0.1, -0.05) is 18.2 Å². The SMILES string of the molecule is CN1CCN(c2ccccc2C(O)c2cc3c(cn2)CCC3)CC1. The molecule has 4 rings (SSSR count). The molecule has 2 aromatic rings. The summed E-state index contributed by atoms with van der Waals surface area (Å²) in [5, 5.41) is 11.0. The summed E-state index contributed by atoms with van der Waals surface area (Å²) in [5.41, 5.74) is 5.58. The Labute approximate surface area is 143 Å². The maximum Gasteiger partial charge on any atom is 0.123 e. The van der Waals surface area contributed by atoms with E-state index in [2.05, 4.69) is 40.0 Å². The number of benzene rings is 1. The van der Waals surface area contributed by atoms with Gasteiger partial charge in [-0.25, -0.2) is 0 Å². The number of aliphatic hydroxyl groups excluding tert-OH is 1. The lowest BCUT2D eigenvalue weighted by atomic mass is 10.0. The van der Waals surface area contributed by atoms with E-state index in [1.807, 2.05) is 18.3 Å². The molecule has 0 radical (unpaired) electrons. The average Bonchev–Trinajstić information content (AvgIpc) is 3.09. The molecule has 1 aromatic heterocycles. The van der Waals surface area contributed by atoms with Gasteiger partial charge in [-0.15, -0.1) is 0 Å². The van der Waals surface area contributed by atoms with E-state index >= 15 is 0 Å². The summed E-state index contributed by atoms with van der Waals surface area (Å²) < 4.78 is 0. The molecule has 1 aromatic carbocycles. The van der Waals surface area contributed by atoms with Crippen molar-refractivity contribution in [3.63, 3.8) is 0 Å². The Morgan fingerprint density at radius 1 is 1.04 bits per heavy atom. The molecular weight excluding hydrogens is 298 g/mol. The Morgan fingerprint density at radius 3 is 2.62 bits per heavy atom. The summed E-state index contributed by atoms with van der Waals surface area (Å²) in [6.45, 7) is 4.11. The predicted octanol–water partition coefficient (Wildman–Crippen LogP) is 2.40. The highest BCUT2D eigenvalue weighted by Gasteiger charge is 2.23. The van der Waals surface area contributed by atoms with E-state index in [0.717, 1.165) is 56.0 Å². The molecule has 1 fully saturated rings. The average molecular weight is 323 g/mol. The Kier molecular flexibility index (Phi) is 4.25. The highest BCUT2D eigenvalue weighted by atomic mass is 16.3. The normalized spacial score (nSPS) is 19.3. The second kappa shape index (κ2) is 6.54. The minimum atomic E-state index is -0.660. The van der Waals surface area contributed by atoms with Gasteiger partial charge in [-0.3, -0.25) is 4.98 Å². The van der Waals surface area contributed by atoms with E-state index in [0.29, 0.717) is 0 Å². The van der Waals surface area contributed by atoms with Crippen molar-refractivity contribution >= 4 is 5.69 Å². The van der Waals surface area contributed by atoms with Crippen molar-refractivity contribution in [1.29, 1.82) is 0 Å². The highest BCUT2D eigenvalue weighted by Crippen LogP contribution is 2.32. The molecule has 1 atom stereocenters. The van der Waals surface area contributed by atoms with Gasteiger partial charge >= 0.3 is 0 Å². The molecule has 2 heterocycles. The number of likely N-dealkylation sites (N-methyl/N-ethyl adjacent to an activating group) is 1. The first-order chi connectivity index (χ1) is 11.7. The van der Waals surface area contributed by atoms with Crippen LogP contribution in [0.3, 0.4) is 0 Å². The minimum absolute atomic E-state index is 0.660. The molecule has 4 nitrogen and oxygen atoms in total. The molecule has 0 bridgehead atoms. The summed E-state index contributed by atoms with van der Waals surface area (Å²) in [6, 6.07) is 10.3. The van der Waals surface area contributed by atoms with Gasteiger partial charge in [0.05, 0.1) is 5.69 Å². The zero-order chi connectivity index (χ0) is 16.5. The van der Waals surface area contributed by atoms with Gasteiger partial charge in [0, 0.05) is 43.6 Å². The smallest absolute Gasteiger partial charge is 0.123 e. The summed E-state index contributed by atoms with van der Waals surface area (Å²) >= 11 is 0. The topological polar surface area (TPSA) is 39.6 Å². The number of hydrogen-bond donors (Lipinski definition) is 1. The number of aryl methyl sites for hydroxylation is 2. The number of piperazine rings is 1. The Bertz CT molecular complexity index is 723. The van der Waals surface area contributed by atoms with Crippen molar-refractivity contribution in [2.24, 2.45) is 0 Å². The third-order valence-electron chi connectivity index (χ3n) is 5.35. The van der Waals surface area contributed by atoms with Gasteiger partial charge in [-0.2, -0.15) is 0 Å². The largest absolute Gasteiger partial charge is 0.382 e. The lowest BCUT2D eigenvalue weighted by molar-refractivity contribution is 0.215. The first-order valence-electron chi connectivity index (χ1n) is 8.90. The highest BCUT2D eigenvalue weighted by molar-refractivity contribution is 5.56. The van der Waals surface area contributed by atoms with Gasteiger partial charge in [0.15, 0.2) is 0 Å². The number of para-hydroxylation sites is 1. The van der Waals surface area contributed by atoms with Crippen molar-refractivity contribution in [2.45, 2.75) is 25.4 Å². The molecule has 126 valence electrons. The Morgan fingerprint density at radius 2 is 1.79 bits per heavy atom. The molecule has 24 heavy (non-hydrogen) atoms. The van der Waals surface area contributed by atoms with Crippen LogP contribution < -0.4 is 4.90 Å². The molecular formula is C20H25N3O. The van der Waals surface area contributed by atoms with Crippen LogP contribution in [0.5, 0.6) is 0 Å². The second-order valence-corrected chi connectivity index (χ2v) is 6.98. The van der Waals surface area contributed by atoms with Gasteiger partial charge < -0.3 is 14.9 Å². The van der Waals surface area contributed by atoms with E-state index in [4.69, 9.17) is 0 Å². The maximum atomic E-state index is 11.0. The predicted molar refractivity (Wildman–Crippen MR) is 96.5 cm³/mol. The molecule has 4 heteroatoms. The van der Waals surface area contributed by atoms with Crippen LogP contribution >= 0.6 is 0 Å². The fourth-order valence-electron chi connectivity index (χ4n) is 3.83. The van der Waals surface area contributed by atoms with Gasteiger partial charge in [0.1, 0.15) is 6.10 Å². The number of aromatic nitrogens is 1. The lowest BCUT2D eigenvalue weighted by Gasteiger charge is -2.35. The van der Waals surface area contributed by atoms with Crippen LogP contribution in [0.1, 0.15) is 34.9 Å². The molecule has 0 spiro atoms. The number of pyridine rings is 1. The van der Waals surface area contributed by atoms with E-state index in [9.17, 15) is 5.11 Å². The minimum Gasteiger partial charge on any atom is -0.382 e. The number of nitrogens with zero attached hydrogens (tertiary/aromatic N) is 3. The fourth-order valence-corrected chi connectivity index (χ4v) is 3.83. The maximum absolute atomic E-state index is 11.0. The summed E-state index contributed by atoms with van der Waals surface area (Å²) in [5.74, 6) is 0. The first-order valence-corrected chi connectivity index (χ1v) is 8.90. The standard InChI is InChI=1S/C20H25N3O/c1-22-9-11-23(12-10-22)19-8-3-2-7-17(19)20(24)18-13-15-5-4-6-16(15)14-21-18/h2-3,7-8,13-14,20,24H,4-6,9-12H2,1H3. The zero-order valence-corrected chi connectivity index (χ0v) is 14.3. The van der Waals surface area contributed by atoms with E-state index in [-0.39, 0.29) is 0 Å². The number of fused-ring (bicyclic) bond motifs is 1. The monoisotopic (exact) mass is 323 g/mol. The molecule has 2 aliphatic rings. The molecule has 1 saturated heterocycles. The zero-order valence-electron chi connectivity index (χ0n) is 14.3. The molecule has 0 saturated carbocycles. The fraction of sp³-hybridized carbons (Fsp3) is 0.450. The van der Waals surface area contributed by atoms with Crippen molar-refractivity contribution in [3.05, 3.63) is 58.9 Å². The van der Waals surface area contributed by atoms with Crippen LogP contribution in [0.15, 0.2) is 36.5 Å². The summed E-state index contributed by atoms with van der Waals surface area (Å²) in [6.07, 6.45) is 4.73. The van der Waals surface area contributed by atoms with E-state index < -0.39 is 6.10 Å². The van der Waals surface area contributed by atoms with Gasteiger partial charge in [0.25, 0.3) is 0 Å². The number of rotatable bonds is 3. The van der Waals surface area contributed by atoms with Crippen molar-refractivity contribution < 1.29 is 5.11 Å². The Balaban J connectivity index is 1.64. The summed E-state index contributed by atoms with van der Waals surface area (Å²) in [7, 11) is 2.16. The number of anilines is 1. The van der Waals surface area contributed by atoms with E-state index in [1.165, 1.54) is 17.5 Å². The Hall–Kier alpha value is -1.91. The van der Waals surface area contributed by atoms with Crippen molar-refractivity contribution in [3.8, 4) is 0 Å². The van der Waals surface area contributed by atoms with Crippen molar-refractivity contribution in [2.75, 3.05) is 38.1 Å². The summed E-state index contributed by atoms with van der Waals surface area (Å²) in [4.78, 5) is 9.27. The van der Waals surface area contributed by atoms with Crippen LogP contribution in [0.2, 0.25) is 0 Å². The molecule has 0 amide bonds. The van der Waals surface area contributed by atoms with Crippen LogP contribution in [0.25, 0.3) is 0 Å². The van der Waals surface area contributed by atoms with Crippen LogP contribution in [0, 0.1) is 0 Å². The number of hydrogen-bond acceptors (Lipinski definition) is 4. The lowest BCUT2D eigenvalue weighted by Crippen LogP contribution is -2.44. The third-order valence-corrected chi connectivity index (χ3v) is 5.35. The molecule has 1 aliphatic carbocycles. The van der Waals surface area contributed by atoms with Gasteiger partial charge in [0.2, 0.25) is 0 Å². The van der Waals surface area contributed by atoms with Crippen LogP contribution in [0.4, 0.5) is 5.69 Å². The van der Waals surface area contributed by atoms with E-state index in [1.54, 1.807) is 0 Å². The third kappa shape index (κ3) is 2.92. The first kappa shape index (κ1) is 15.6. The van der Waals surface area contributed by atoms with Crippen LogP contribution in [-0.2, 0) is 12.8 Å². The molecule has 1 N–H and O–H groups in total. The quantitative estimate of drug-likeness (QED) is 0.941. The molecule has 1 aliphatic heterocycles. The van der Waals surface area contributed by atoms with Crippen LogP contribution in [-0.4, -0.2) is 48.2 Å². The number of aliphatic hydroxyl groups is 1. The van der Waals surface area contributed by atoms with Crippen molar-refractivity contribution in [1.82, 2.24) is 9.88 Å².